The molecule has 2 rings (SSSR count). The van der Waals surface area contributed by atoms with Gasteiger partial charge in [-0.2, -0.15) is 0 Å². The summed E-state index contributed by atoms with van der Waals surface area (Å²) in [5, 5.41) is -0.0147. The summed E-state index contributed by atoms with van der Waals surface area (Å²) in [4.78, 5) is 22.4. The molecule has 1 N–H and O–H groups in total. The van der Waals surface area contributed by atoms with E-state index in [-0.39, 0.29) is 27.2 Å². The van der Waals surface area contributed by atoms with Crippen LogP contribution in [0.2, 0.25) is 5.02 Å². The van der Waals surface area contributed by atoms with Crippen LogP contribution >= 0.6 is 11.6 Å². The summed E-state index contributed by atoms with van der Waals surface area (Å²) < 4.78 is 25.8. The van der Waals surface area contributed by atoms with Gasteiger partial charge in [0.1, 0.15) is 0 Å². The van der Waals surface area contributed by atoms with Gasteiger partial charge in [0.25, 0.3) is 0 Å². The van der Waals surface area contributed by atoms with E-state index in [1.165, 1.54) is 12.1 Å². The van der Waals surface area contributed by atoms with Crippen LogP contribution in [0.5, 0.6) is 0 Å². The maximum atomic E-state index is 11.8. The van der Waals surface area contributed by atoms with E-state index in [4.69, 9.17) is 11.6 Å². The zero-order chi connectivity index (χ0) is 12.8. The Labute approximate surface area is 102 Å². The molecule has 17 heavy (non-hydrogen) atoms. The number of fused-ring (bicyclic) bond motifs is 1. The normalized spacial score (nSPS) is 12.4. The summed E-state index contributed by atoms with van der Waals surface area (Å²) in [6.45, 7) is 1.81. The number of sulfonamides is 1. The Morgan fingerprint density at radius 1 is 1.18 bits per heavy atom. The van der Waals surface area contributed by atoms with Crippen LogP contribution in [-0.2, 0) is 10.0 Å². The smallest absolute Gasteiger partial charge is 0.241 e. The molecule has 0 bridgehead atoms. The van der Waals surface area contributed by atoms with Gasteiger partial charge in [-0.05, 0) is 12.1 Å². The molecule has 0 fully saturated rings. The Morgan fingerprint density at radius 3 is 2.35 bits per heavy atom. The van der Waals surface area contributed by atoms with Crippen molar-refractivity contribution in [3.05, 3.63) is 37.6 Å². The summed E-state index contributed by atoms with van der Waals surface area (Å²) in [6, 6.07) is 2.53. The molecular formula is C10H8ClNO4S. The predicted octanol–water partition coefficient (Wildman–Crippen LogP) is 0.387. The molecular weight excluding hydrogens is 266 g/mol. The molecule has 0 atom stereocenters. The fourth-order valence-electron chi connectivity index (χ4n) is 1.66. The Morgan fingerprint density at radius 2 is 1.76 bits per heavy atom. The first-order chi connectivity index (χ1) is 7.90. The molecule has 0 aliphatic carbocycles. The standard InChI is InChI=1S/C10H8ClNO4S/c1-2-12-17(15,16)6-4-3-5(11)7-8(6)10(14)9(7)13/h3-4,12H,2H2,1H3. The second-order valence-electron chi connectivity index (χ2n) is 3.46. The molecule has 0 heterocycles. The van der Waals surface area contributed by atoms with Crippen molar-refractivity contribution in [1.29, 1.82) is 0 Å². The van der Waals surface area contributed by atoms with E-state index in [0.29, 0.717) is 0 Å². The zero-order valence-electron chi connectivity index (χ0n) is 8.78. The van der Waals surface area contributed by atoms with Gasteiger partial charge < -0.3 is 0 Å². The Balaban J connectivity index is 2.83. The van der Waals surface area contributed by atoms with E-state index in [1.54, 1.807) is 6.92 Å². The van der Waals surface area contributed by atoms with Crippen molar-refractivity contribution in [2.75, 3.05) is 6.54 Å². The monoisotopic (exact) mass is 273 g/mol. The lowest BCUT2D eigenvalue weighted by Gasteiger charge is -2.09. The number of halogens is 1. The van der Waals surface area contributed by atoms with Crippen molar-refractivity contribution in [3.8, 4) is 0 Å². The van der Waals surface area contributed by atoms with E-state index in [0.717, 1.165) is 0 Å². The number of hydrogen-bond donors (Lipinski definition) is 1. The van der Waals surface area contributed by atoms with Gasteiger partial charge >= 0.3 is 0 Å². The highest BCUT2D eigenvalue weighted by Gasteiger charge is 2.25. The first kappa shape index (κ1) is 12.2. The van der Waals surface area contributed by atoms with E-state index in [1.807, 2.05) is 0 Å². The molecule has 0 aliphatic rings. The largest absolute Gasteiger partial charge is 0.285 e. The SMILES string of the molecule is CCNS(=O)(=O)c1ccc(Cl)c2c(=O)c(=O)c12. The highest BCUT2D eigenvalue weighted by molar-refractivity contribution is 7.89. The topological polar surface area (TPSA) is 80.3 Å². The lowest BCUT2D eigenvalue weighted by Crippen LogP contribution is -2.34. The van der Waals surface area contributed by atoms with Crippen molar-refractivity contribution in [3.63, 3.8) is 0 Å². The molecule has 5 nitrogen and oxygen atoms in total. The molecule has 0 spiro atoms. The molecule has 0 aromatic heterocycles. The molecule has 0 radical (unpaired) electrons. The van der Waals surface area contributed by atoms with Crippen molar-refractivity contribution in [1.82, 2.24) is 4.72 Å². The van der Waals surface area contributed by atoms with Gasteiger partial charge in [-0.25, -0.2) is 13.1 Å². The average Bonchev–Trinajstić information content (AvgIpc) is 2.27. The molecule has 0 unspecified atom stereocenters. The minimum absolute atomic E-state index is 0.00403. The third-order valence-corrected chi connectivity index (χ3v) is 4.30. The minimum atomic E-state index is -3.77. The molecule has 90 valence electrons. The van der Waals surface area contributed by atoms with Crippen LogP contribution in [0.4, 0.5) is 0 Å². The fourth-order valence-corrected chi connectivity index (χ4v) is 3.15. The maximum Gasteiger partial charge on any atom is 0.241 e. The summed E-state index contributed by atoms with van der Waals surface area (Å²) >= 11 is 5.74. The molecule has 0 amide bonds. The number of rotatable bonds is 3. The van der Waals surface area contributed by atoms with Crippen LogP contribution in [0, 0.1) is 0 Å². The molecule has 2 aromatic rings. The maximum absolute atomic E-state index is 11.8. The number of benzene rings is 1. The van der Waals surface area contributed by atoms with E-state index < -0.39 is 20.9 Å². The Bertz CT molecular complexity index is 771. The van der Waals surface area contributed by atoms with E-state index in [9.17, 15) is 18.0 Å². The van der Waals surface area contributed by atoms with Crippen molar-refractivity contribution in [2.45, 2.75) is 11.8 Å². The summed E-state index contributed by atoms with van der Waals surface area (Å²) in [5.74, 6) is 0. The number of nitrogens with one attached hydrogen (secondary N) is 1. The van der Waals surface area contributed by atoms with Gasteiger partial charge in [-0.1, -0.05) is 18.5 Å². The van der Waals surface area contributed by atoms with E-state index in [2.05, 4.69) is 4.72 Å². The number of hydrogen-bond acceptors (Lipinski definition) is 4. The Hall–Kier alpha value is -1.24. The zero-order valence-corrected chi connectivity index (χ0v) is 10.4. The predicted molar refractivity (Wildman–Crippen MR) is 64.7 cm³/mol. The summed E-state index contributed by atoms with van der Waals surface area (Å²) in [7, 11) is -3.77. The highest BCUT2D eigenvalue weighted by atomic mass is 35.5. The highest BCUT2D eigenvalue weighted by Crippen LogP contribution is 2.25. The van der Waals surface area contributed by atoms with Gasteiger partial charge in [0, 0.05) is 6.54 Å². The molecule has 0 saturated carbocycles. The second kappa shape index (κ2) is 3.90. The van der Waals surface area contributed by atoms with Crippen molar-refractivity contribution in [2.24, 2.45) is 0 Å². The van der Waals surface area contributed by atoms with Crippen molar-refractivity contribution < 1.29 is 8.42 Å². The molecule has 7 heteroatoms. The van der Waals surface area contributed by atoms with Crippen LogP contribution in [-0.4, -0.2) is 15.0 Å². The van der Waals surface area contributed by atoms with Crippen molar-refractivity contribution >= 4 is 32.4 Å². The molecule has 0 saturated heterocycles. The second-order valence-corrected chi connectivity index (χ2v) is 5.60. The molecule has 2 aromatic carbocycles. The van der Waals surface area contributed by atoms with Gasteiger partial charge in [-0.3, -0.25) is 9.59 Å². The average molecular weight is 274 g/mol. The minimum Gasteiger partial charge on any atom is -0.285 e. The van der Waals surface area contributed by atoms with Gasteiger partial charge in [0.15, 0.2) is 0 Å². The van der Waals surface area contributed by atoms with Crippen LogP contribution in [0.25, 0.3) is 10.8 Å². The van der Waals surface area contributed by atoms with E-state index >= 15 is 0 Å². The summed E-state index contributed by atoms with van der Waals surface area (Å²) in [6.07, 6.45) is 0. The molecule has 0 aliphatic heterocycles. The van der Waals surface area contributed by atoms with Gasteiger partial charge in [-0.15, -0.1) is 0 Å². The quantitative estimate of drug-likeness (QED) is 0.820. The van der Waals surface area contributed by atoms with Crippen LogP contribution < -0.4 is 15.6 Å². The lowest BCUT2D eigenvalue weighted by molar-refractivity contribution is 0.585. The third kappa shape index (κ3) is 1.69. The fraction of sp³-hybridized carbons (Fsp3) is 0.200. The van der Waals surface area contributed by atoms with Crippen LogP contribution in [0.15, 0.2) is 26.6 Å². The first-order valence-electron chi connectivity index (χ1n) is 4.81. The first-order valence-corrected chi connectivity index (χ1v) is 6.67. The Kier molecular flexibility index (Phi) is 2.81. The van der Waals surface area contributed by atoms with Gasteiger partial charge in [0.05, 0.1) is 20.7 Å². The third-order valence-electron chi connectivity index (χ3n) is 2.40. The summed E-state index contributed by atoms with van der Waals surface area (Å²) in [5.41, 5.74) is -1.54. The van der Waals surface area contributed by atoms with Crippen LogP contribution in [0.1, 0.15) is 6.92 Å². The lowest BCUT2D eigenvalue weighted by atomic mass is 10.1. The van der Waals surface area contributed by atoms with Gasteiger partial charge in [0.2, 0.25) is 20.9 Å². The van der Waals surface area contributed by atoms with Crippen LogP contribution in [0.3, 0.4) is 0 Å².